The number of halogens is 1. The van der Waals surface area contributed by atoms with Gasteiger partial charge >= 0.3 is 7.12 Å². The molecule has 0 aliphatic carbocycles. The second-order valence-electron chi connectivity index (χ2n) is 2.07. The molecule has 0 amide bonds. The Hall–Kier alpha value is 0.275. The van der Waals surface area contributed by atoms with E-state index >= 15 is 0 Å². The highest BCUT2D eigenvalue weighted by Crippen LogP contribution is 2.07. The lowest BCUT2D eigenvalue weighted by Crippen LogP contribution is -2.25. The largest absolute Gasteiger partial charge is 0.470 e. The van der Waals surface area contributed by atoms with Gasteiger partial charge in [0.1, 0.15) is 0 Å². The second kappa shape index (κ2) is 5.09. The van der Waals surface area contributed by atoms with Crippen LogP contribution in [-0.2, 0) is 0 Å². The van der Waals surface area contributed by atoms with E-state index in [9.17, 15) is 0 Å². The molecule has 0 aromatic rings. The molecule has 0 unspecified atom stereocenters. The van der Waals surface area contributed by atoms with Gasteiger partial charge in [0.05, 0.1) is 5.28 Å². The molecule has 0 saturated heterocycles. The van der Waals surface area contributed by atoms with Gasteiger partial charge in [-0.1, -0.05) is 19.8 Å². The molecule has 0 saturated carbocycles. The van der Waals surface area contributed by atoms with Gasteiger partial charge in [-0.2, -0.15) is 0 Å². The summed E-state index contributed by atoms with van der Waals surface area (Å²) in [6.07, 6.45) is 2.66. The zero-order valence-electron chi connectivity index (χ0n) is 5.55. The average Bonchev–Trinajstić information content (AvgIpc) is 1.82. The van der Waals surface area contributed by atoms with Crippen molar-refractivity contribution in [2.75, 3.05) is 0 Å². The lowest BCUT2D eigenvalue weighted by atomic mass is 9.83. The van der Waals surface area contributed by atoms with Crippen LogP contribution >= 0.6 is 11.6 Å². The lowest BCUT2D eigenvalue weighted by Gasteiger charge is -2.04. The van der Waals surface area contributed by atoms with E-state index in [-0.39, 0.29) is 0 Å². The third kappa shape index (κ3) is 4.76. The van der Waals surface area contributed by atoms with E-state index in [1.54, 1.807) is 0 Å². The van der Waals surface area contributed by atoms with Crippen molar-refractivity contribution in [3.05, 3.63) is 0 Å². The Labute approximate surface area is 61.0 Å². The monoisotopic (exact) mass is 150 g/mol. The first-order chi connectivity index (χ1) is 4.18. The molecule has 9 heavy (non-hydrogen) atoms. The van der Waals surface area contributed by atoms with Crippen LogP contribution in [0, 0.1) is 0 Å². The molecule has 0 bridgehead atoms. The SMILES string of the molecule is CCCC[C@H](Cl)B(O)O. The molecule has 2 nitrogen and oxygen atoms in total. The van der Waals surface area contributed by atoms with E-state index in [2.05, 4.69) is 0 Å². The molecule has 54 valence electrons. The van der Waals surface area contributed by atoms with Gasteiger partial charge in [-0.15, -0.1) is 11.6 Å². The van der Waals surface area contributed by atoms with Gasteiger partial charge in [-0.3, -0.25) is 0 Å². The first-order valence-corrected chi connectivity index (χ1v) is 3.62. The minimum atomic E-state index is -1.36. The second-order valence-corrected chi connectivity index (χ2v) is 2.63. The van der Waals surface area contributed by atoms with E-state index < -0.39 is 12.4 Å². The van der Waals surface area contributed by atoms with Crippen LogP contribution in [0.4, 0.5) is 0 Å². The molecule has 0 aromatic carbocycles. The fourth-order valence-corrected chi connectivity index (χ4v) is 0.703. The summed E-state index contributed by atoms with van der Waals surface area (Å²) in [6.45, 7) is 2.04. The molecule has 0 heterocycles. The highest BCUT2D eigenvalue weighted by molar-refractivity contribution is 6.57. The molecular weight excluding hydrogens is 138 g/mol. The Morgan fingerprint density at radius 3 is 2.44 bits per heavy atom. The Kier molecular flexibility index (Phi) is 5.25. The molecule has 0 aliphatic heterocycles. The predicted molar refractivity (Wildman–Crippen MR) is 39.4 cm³/mol. The van der Waals surface area contributed by atoms with E-state index in [0.29, 0.717) is 6.42 Å². The molecule has 0 radical (unpaired) electrons. The summed E-state index contributed by atoms with van der Waals surface area (Å²) in [5, 5.41) is 16.4. The quantitative estimate of drug-likeness (QED) is 0.460. The number of alkyl halides is 1. The van der Waals surface area contributed by atoms with Crippen molar-refractivity contribution in [2.24, 2.45) is 0 Å². The lowest BCUT2D eigenvalue weighted by molar-refractivity contribution is 0.397. The van der Waals surface area contributed by atoms with E-state index in [1.807, 2.05) is 6.92 Å². The van der Waals surface area contributed by atoms with E-state index in [4.69, 9.17) is 21.6 Å². The zero-order valence-corrected chi connectivity index (χ0v) is 6.30. The molecule has 1 atom stereocenters. The first-order valence-electron chi connectivity index (χ1n) is 3.18. The number of unbranched alkanes of at least 4 members (excludes halogenated alkanes) is 1. The summed E-state index contributed by atoms with van der Waals surface area (Å²) >= 11 is 5.49. The third-order valence-electron chi connectivity index (χ3n) is 1.16. The Bertz CT molecular complexity index is 70.0. The molecule has 0 rings (SSSR count). The summed E-state index contributed by atoms with van der Waals surface area (Å²) < 4.78 is 0. The third-order valence-corrected chi connectivity index (χ3v) is 1.60. The smallest absolute Gasteiger partial charge is 0.426 e. The maximum Gasteiger partial charge on any atom is 0.470 e. The Morgan fingerprint density at radius 2 is 2.11 bits per heavy atom. The fraction of sp³-hybridized carbons (Fsp3) is 1.00. The van der Waals surface area contributed by atoms with Crippen molar-refractivity contribution < 1.29 is 10.0 Å². The molecule has 0 fully saturated rings. The van der Waals surface area contributed by atoms with Crippen LogP contribution in [0.2, 0.25) is 0 Å². The molecule has 0 aromatic heterocycles. The van der Waals surface area contributed by atoms with Gasteiger partial charge in [-0.05, 0) is 6.42 Å². The number of rotatable bonds is 4. The number of hydrogen-bond donors (Lipinski definition) is 2. The highest BCUT2D eigenvalue weighted by atomic mass is 35.5. The summed E-state index contributed by atoms with van der Waals surface area (Å²) in [7, 11) is -1.36. The van der Waals surface area contributed by atoms with Crippen molar-refractivity contribution in [2.45, 2.75) is 31.5 Å². The van der Waals surface area contributed by atoms with Crippen LogP contribution in [0.1, 0.15) is 26.2 Å². The molecule has 0 aliphatic rings. The van der Waals surface area contributed by atoms with E-state index in [0.717, 1.165) is 12.8 Å². The van der Waals surface area contributed by atoms with Gasteiger partial charge in [0.25, 0.3) is 0 Å². The number of hydrogen-bond acceptors (Lipinski definition) is 2. The van der Waals surface area contributed by atoms with Crippen molar-refractivity contribution >= 4 is 18.7 Å². The van der Waals surface area contributed by atoms with Gasteiger partial charge < -0.3 is 10.0 Å². The molecule has 2 N–H and O–H groups in total. The van der Waals surface area contributed by atoms with Crippen LogP contribution < -0.4 is 0 Å². The average molecular weight is 150 g/mol. The van der Waals surface area contributed by atoms with Crippen molar-refractivity contribution in [1.82, 2.24) is 0 Å². The maximum absolute atomic E-state index is 8.47. The normalized spacial score (nSPS) is 13.3. The van der Waals surface area contributed by atoms with E-state index in [1.165, 1.54) is 0 Å². The Balaban J connectivity index is 3.16. The van der Waals surface area contributed by atoms with Gasteiger partial charge in [0.2, 0.25) is 0 Å². The van der Waals surface area contributed by atoms with Gasteiger partial charge in [0.15, 0.2) is 0 Å². The topological polar surface area (TPSA) is 40.5 Å². The molecule has 0 spiro atoms. The van der Waals surface area contributed by atoms with Crippen LogP contribution in [-0.4, -0.2) is 22.4 Å². The predicted octanol–water partition coefficient (Wildman–Crippen LogP) is 0.796. The summed E-state index contributed by atoms with van der Waals surface area (Å²) in [6, 6.07) is 0. The summed E-state index contributed by atoms with van der Waals surface area (Å²) in [5.74, 6) is 0. The zero-order chi connectivity index (χ0) is 7.28. The summed E-state index contributed by atoms with van der Waals surface area (Å²) in [5.41, 5.74) is 0. The van der Waals surface area contributed by atoms with Gasteiger partial charge in [-0.25, -0.2) is 0 Å². The van der Waals surface area contributed by atoms with Crippen LogP contribution in [0.15, 0.2) is 0 Å². The first kappa shape index (κ1) is 9.27. The maximum atomic E-state index is 8.47. The molecule has 4 heteroatoms. The van der Waals surface area contributed by atoms with Crippen molar-refractivity contribution in [1.29, 1.82) is 0 Å². The van der Waals surface area contributed by atoms with Crippen LogP contribution in [0.25, 0.3) is 0 Å². The minimum absolute atomic E-state index is 0.495. The standard InChI is InChI=1S/C5H12BClO2/c1-2-3-4-5(7)6(8)9/h5,8-9H,2-4H2,1H3/t5-/m0/s1. The van der Waals surface area contributed by atoms with Crippen LogP contribution in [0.3, 0.4) is 0 Å². The van der Waals surface area contributed by atoms with Crippen molar-refractivity contribution in [3.63, 3.8) is 0 Å². The van der Waals surface area contributed by atoms with Gasteiger partial charge in [0, 0.05) is 0 Å². The molecular formula is C5H12BClO2. The van der Waals surface area contributed by atoms with Crippen LogP contribution in [0.5, 0.6) is 0 Å². The van der Waals surface area contributed by atoms with Crippen molar-refractivity contribution in [3.8, 4) is 0 Å². The fourth-order valence-electron chi connectivity index (χ4n) is 0.548. The minimum Gasteiger partial charge on any atom is -0.426 e. The Morgan fingerprint density at radius 1 is 1.56 bits per heavy atom. The highest BCUT2D eigenvalue weighted by Gasteiger charge is 2.18. The summed E-state index contributed by atoms with van der Waals surface area (Å²) in [4.78, 5) is 0.